The summed E-state index contributed by atoms with van der Waals surface area (Å²) < 4.78 is 92.9. The molecule has 5 aliphatic rings. The molecule has 0 unspecified atom stereocenters. The molecule has 0 spiro atoms. The van der Waals surface area contributed by atoms with Crippen molar-refractivity contribution in [2.24, 2.45) is 4.99 Å². The predicted octanol–water partition coefficient (Wildman–Crippen LogP) is 4.66. The van der Waals surface area contributed by atoms with Gasteiger partial charge in [-0.3, -0.25) is 9.89 Å². The van der Waals surface area contributed by atoms with Crippen molar-refractivity contribution in [1.29, 1.82) is 5.26 Å². The van der Waals surface area contributed by atoms with Gasteiger partial charge in [0.05, 0.1) is 63.4 Å². The van der Waals surface area contributed by atoms with Crippen LogP contribution in [0.3, 0.4) is 0 Å². The topological polar surface area (TPSA) is 99.6 Å². The van der Waals surface area contributed by atoms with E-state index in [9.17, 15) is 22.8 Å². The average molecular weight is 707 g/mol. The van der Waals surface area contributed by atoms with Gasteiger partial charge in [0.1, 0.15) is 42.2 Å². The molecule has 252 valence electrons. The van der Waals surface area contributed by atoms with E-state index in [2.05, 4.69) is 4.99 Å². The van der Waals surface area contributed by atoms with Crippen molar-refractivity contribution in [2.45, 2.75) is 43.4 Å². The molecule has 6 heterocycles. The molecule has 3 saturated heterocycles. The molecule has 2 N–H and O–H groups in total. The van der Waals surface area contributed by atoms with Crippen LogP contribution in [0, 0.1) is 23.0 Å². The Balaban J connectivity index is 1.35. The lowest BCUT2D eigenvalue weighted by atomic mass is 9.95. The van der Waals surface area contributed by atoms with E-state index in [4.69, 9.17) is 31.5 Å². The fourth-order valence-corrected chi connectivity index (χ4v) is 8.82. The Kier molecular flexibility index (Phi) is 7.63. The summed E-state index contributed by atoms with van der Waals surface area (Å²) in [4.78, 5) is 9.68. The number of nitriles is 1. The lowest BCUT2D eigenvalue weighted by Crippen LogP contribution is -2.56. The number of nitrogens with two attached hydrogens (primary N) is 1. The van der Waals surface area contributed by atoms with Crippen LogP contribution in [0.5, 0.6) is 5.75 Å². The van der Waals surface area contributed by atoms with Crippen LogP contribution < -0.4 is 21.0 Å². The third-order valence-electron chi connectivity index (χ3n) is 9.76. The van der Waals surface area contributed by atoms with Gasteiger partial charge in [-0.25, -0.2) is 22.0 Å². The van der Waals surface area contributed by atoms with E-state index < -0.39 is 42.1 Å². The SMILES string of the molecule is N#Cc1c(N)sc2c(F)ccc(-c3c(F)c4c5c(c3Cl)=NCN(C3COC3)C=5N(CC(F)F)C=C(OC[C@@]35CCCN3C[C@H](F)C5)O4)c12. The molecule has 0 aliphatic carbocycles. The minimum Gasteiger partial charge on any atom is -0.462 e. The molecule has 48 heavy (non-hydrogen) atoms. The van der Waals surface area contributed by atoms with Crippen molar-refractivity contribution < 1.29 is 36.2 Å². The summed E-state index contributed by atoms with van der Waals surface area (Å²) in [5, 5.41) is 9.94. The van der Waals surface area contributed by atoms with Gasteiger partial charge in [0, 0.05) is 23.9 Å². The van der Waals surface area contributed by atoms with Gasteiger partial charge in [0.15, 0.2) is 11.6 Å². The van der Waals surface area contributed by atoms with Gasteiger partial charge in [-0.2, -0.15) is 5.26 Å². The van der Waals surface area contributed by atoms with E-state index in [1.165, 1.54) is 17.2 Å². The van der Waals surface area contributed by atoms with Crippen molar-refractivity contribution in [1.82, 2.24) is 14.7 Å². The van der Waals surface area contributed by atoms with Gasteiger partial charge in [-0.1, -0.05) is 17.7 Å². The first-order chi connectivity index (χ1) is 23.1. The lowest BCUT2D eigenvalue weighted by molar-refractivity contribution is -0.0504. The van der Waals surface area contributed by atoms with Gasteiger partial charge in [0.25, 0.3) is 6.43 Å². The summed E-state index contributed by atoms with van der Waals surface area (Å²) >= 11 is 7.81. The molecular weight excluding hydrogens is 679 g/mol. The maximum absolute atomic E-state index is 17.2. The molecule has 8 rings (SSSR count). The Labute approximate surface area is 279 Å². The highest BCUT2D eigenvalue weighted by Crippen LogP contribution is 2.45. The smallest absolute Gasteiger partial charge is 0.302 e. The number of nitrogen functional groups attached to an aromatic ring is 1. The van der Waals surface area contributed by atoms with Crippen molar-refractivity contribution >= 4 is 43.8 Å². The lowest BCUT2D eigenvalue weighted by Gasteiger charge is -2.42. The van der Waals surface area contributed by atoms with Gasteiger partial charge in [-0.05, 0) is 31.0 Å². The fourth-order valence-electron chi connectivity index (χ4n) is 7.53. The number of nitrogens with zero attached hydrogens (tertiary/aromatic N) is 5. The number of rotatable bonds is 7. The Morgan fingerprint density at radius 3 is 2.81 bits per heavy atom. The second kappa shape index (κ2) is 11.6. The van der Waals surface area contributed by atoms with Crippen LogP contribution in [0.2, 0.25) is 5.02 Å². The summed E-state index contributed by atoms with van der Waals surface area (Å²) in [5.41, 5.74) is 5.25. The summed E-state index contributed by atoms with van der Waals surface area (Å²) in [6, 6.07) is 4.15. The maximum atomic E-state index is 17.2. The number of halogens is 6. The van der Waals surface area contributed by atoms with Crippen LogP contribution in [0.15, 0.2) is 29.3 Å². The Morgan fingerprint density at radius 1 is 1.27 bits per heavy atom. The molecule has 0 bridgehead atoms. The molecule has 0 amide bonds. The molecule has 1 aromatic heterocycles. The fraction of sp³-hybridized carbons (Fsp3) is 0.438. The molecule has 9 nitrogen and oxygen atoms in total. The van der Waals surface area contributed by atoms with Crippen LogP contribution in [0.1, 0.15) is 24.8 Å². The summed E-state index contributed by atoms with van der Waals surface area (Å²) in [7, 11) is 0. The number of anilines is 1. The van der Waals surface area contributed by atoms with Crippen LogP contribution in [0.4, 0.5) is 27.0 Å². The molecule has 16 heteroatoms. The third-order valence-corrected chi connectivity index (χ3v) is 11.2. The van der Waals surface area contributed by atoms with Crippen LogP contribution in [0.25, 0.3) is 27.0 Å². The number of thiophene rings is 1. The summed E-state index contributed by atoms with van der Waals surface area (Å²) in [5.74, 6) is -2.15. The first-order valence-corrected chi connectivity index (χ1v) is 16.6. The minimum absolute atomic E-state index is 0.00971. The van der Waals surface area contributed by atoms with Gasteiger partial charge in [-0.15, -0.1) is 11.3 Å². The van der Waals surface area contributed by atoms with Crippen molar-refractivity contribution in [2.75, 3.05) is 51.9 Å². The van der Waals surface area contributed by atoms with Crippen molar-refractivity contribution in [3.8, 4) is 22.9 Å². The van der Waals surface area contributed by atoms with Gasteiger partial charge in [0.2, 0.25) is 0 Å². The first-order valence-electron chi connectivity index (χ1n) is 15.4. The second-order valence-electron chi connectivity index (χ2n) is 12.5. The molecule has 3 fully saturated rings. The molecule has 2 aromatic carbocycles. The number of hydrogen-bond donors (Lipinski definition) is 1. The number of benzene rings is 2. The Bertz CT molecular complexity index is 2050. The normalized spacial score (nSPS) is 23.8. The average Bonchev–Trinajstić information content (AvgIpc) is 3.62. The molecule has 0 saturated carbocycles. The quantitative estimate of drug-likeness (QED) is 0.355. The van der Waals surface area contributed by atoms with E-state index in [1.807, 2.05) is 11.0 Å². The number of alkyl halides is 3. The minimum atomic E-state index is -2.81. The van der Waals surface area contributed by atoms with E-state index in [1.54, 1.807) is 4.90 Å². The number of hydrogen-bond acceptors (Lipinski definition) is 10. The van der Waals surface area contributed by atoms with E-state index in [0.29, 0.717) is 26.2 Å². The Hall–Kier alpha value is -3.84. The molecule has 5 aliphatic heterocycles. The third kappa shape index (κ3) is 4.79. The molecule has 0 radical (unpaired) electrons. The second-order valence-corrected chi connectivity index (χ2v) is 14.0. The zero-order chi connectivity index (χ0) is 33.5. The van der Waals surface area contributed by atoms with Crippen LogP contribution in [-0.2, 0) is 9.47 Å². The summed E-state index contributed by atoms with van der Waals surface area (Å²) in [6.07, 6.45) is -0.828. The van der Waals surface area contributed by atoms with E-state index in [0.717, 1.165) is 23.8 Å². The highest BCUT2D eigenvalue weighted by Gasteiger charge is 2.49. The highest BCUT2D eigenvalue weighted by molar-refractivity contribution is 7.23. The predicted molar refractivity (Wildman–Crippen MR) is 167 cm³/mol. The van der Waals surface area contributed by atoms with Crippen LogP contribution >= 0.6 is 22.9 Å². The molecule has 3 aromatic rings. The largest absolute Gasteiger partial charge is 0.462 e. The zero-order valence-electron chi connectivity index (χ0n) is 25.2. The van der Waals surface area contributed by atoms with Crippen molar-refractivity contribution in [3.05, 3.63) is 57.1 Å². The number of ether oxygens (including phenoxy) is 3. The van der Waals surface area contributed by atoms with E-state index in [-0.39, 0.29) is 91.4 Å². The van der Waals surface area contributed by atoms with Gasteiger partial charge >= 0.3 is 5.95 Å². The summed E-state index contributed by atoms with van der Waals surface area (Å²) in [6.45, 7) is 0.731. The number of fused-ring (bicyclic) bond motifs is 2. The van der Waals surface area contributed by atoms with E-state index >= 15 is 4.39 Å². The first kappa shape index (κ1) is 31.4. The van der Waals surface area contributed by atoms with Crippen molar-refractivity contribution in [3.63, 3.8) is 0 Å². The molecule has 2 atom stereocenters. The highest BCUT2D eigenvalue weighted by atomic mass is 35.5. The standard InChI is InChI=1S/C32H28ClF5N6O3S/c33-25-23(17-2-3-19(35)29-22(17)18(7-39)30(40)48-29)26(38)28-24-27(25)41-14-44(16-11-45-12-16)31(24)42(9-20(36)37)10-21(47-28)46-13-32-4-1-5-43(32)8-15(34)6-32/h2-3,10,15-16,20H,1,4-6,8-9,11-14,40H2/t15-,32+/m1/s1. The zero-order valence-corrected chi connectivity index (χ0v) is 26.8. The molecular formula is C32H28ClF5N6O3S. The Morgan fingerprint density at radius 2 is 2.08 bits per heavy atom. The van der Waals surface area contributed by atoms with Crippen LogP contribution in [-0.4, -0.2) is 85.0 Å². The van der Waals surface area contributed by atoms with Gasteiger partial charge < -0.3 is 29.7 Å². The maximum Gasteiger partial charge on any atom is 0.302 e. The monoisotopic (exact) mass is 706 g/mol.